The van der Waals surface area contributed by atoms with Gasteiger partial charge in [0.1, 0.15) is 5.84 Å². The van der Waals surface area contributed by atoms with Crippen molar-refractivity contribution < 1.29 is 0 Å². The van der Waals surface area contributed by atoms with E-state index in [1.807, 2.05) is 31.2 Å². The third-order valence-corrected chi connectivity index (χ3v) is 3.32. The van der Waals surface area contributed by atoms with Gasteiger partial charge in [-0.2, -0.15) is 0 Å². The molecule has 1 heterocycles. The van der Waals surface area contributed by atoms with Crippen molar-refractivity contribution in [2.45, 2.75) is 26.8 Å². The molecule has 1 aliphatic rings. The van der Waals surface area contributed by atoms with Crippen LogP contribution in [0.2, 0.25) is 0 Å². The molecule has 2 nitrogen and oxygen atoms in total. The Morgan fingerprint density at radius 3 is 2.65 bits per heavy atom. The van der Waals surface area contributed by atoms with E-state index in [0.29, 0.717) is 5.92 Å². The number of amidine groups is 1. The highest BCUT2D eigenvalue weighted by Gasteiger charge is 2.18. The zero-order chi connectivity index (χ0) is 14.4. The van der Waals surface area contributed by atoms with E-state index in [1.54, 1.807) is 0 Å². The van der Waals surface area contributed by atoms with Gasteiger partial charge in [0, 0.05) is 17.2 Å². The Morgan fingerprint density at radius 1 is 1.20 bits per heavy atom. The fraction of sp³-hybridized carbons (Fsp3) is 0.278. The minimum absolute atomic E-state index is 0.188. The lowest BCUT2D eigenvalue weighted by atomic mass is 9.99. The maximum absolute atomic E-state index is 4.83. The van der Waals surface area contributed by atoms with Gasteiger partial charge in [0.2, 0.25) is 0 Å². The normalized spacial score (nSPS) is 20.6. The van der Waals surface area contributed by atoms with Gasteiger partial charge in [-0.05, 0) is 19.9 Å². The molecule has 1 N–H and O–H groups in total. The highest BCUT2D eigenvalue weighted by molar-refractivity contribution is 6.00. The molecule has 20 heavy (non-hydrogen) atoms. The molecule has 0 radical (unpaired) electrons. The van der Waals surface area contributed by atoms with Gasteiger partial charge in [-0.25, -0.2) is 0 Å². The van der Waals surface area contributed by atoms with E-state index in [2.05, 4.69) is 55.6 Å². The topological polar surface area (TPSA) is 24.4 Å². The molecule has 0 saturated carbocycles. The predicted octanol–water partition coefficient (Wildman–Crippen LogP) is 4.08. The van der Waals surface area contributed by atoms with Crippen LogP contribution in [-0.2, 0) is 0 Å². The molecule has 0 aromatic heterocycles. The van der Waals surface area contributed by atoms with E-state index in [4.69, 9.17) is 4.99 Å². The molecule has 0 fully saturated rings. The first-order chi connectivity index (χ1) is 9.70. The number of nitrogens with zero attached hydrogens (tertiary/aromatic N) is 1. The Bertz CT molecular complexity index is 550. The summed E-state index contributed by atoms with van der Waals surface area (Å²) in [5, 5.41) is 3.36. The molecule has 0 aliphatic carbocycles. The lowest BCUT2D eigenvalue weighted by molar-refractivity contribution is 0.618. The zero-order valence-electron chi connectivity index (χ0n) is 12.4. The van der Waals surface area contributed by atoms with E-state index in [-0.39, 0.29) is 6.04 Å². The second-order valence-electron chi connectivity index (χ2n) is 5.08. The van der Waals surface area contributed by atoms with Gasteiger partial charge in [0.15, 0.2) is 0 Å². The highest BCUT2D eigenvalue weighted by Crippen LogP contribution is 2.17. The molecular formula is C18H22N2. The number of benzene rings is 1. The first kappa shape index (κ1) is 14.3. The Hall–Kier alpha value is -2.09. The standard InChI is InChI=1S/C18H22N2/c1-4-5-7-10-14(2)17-13-15(3)19-18(20-17)16-11-8-6-9-12-16/h4-14,17H,1-3H3,(H,19,20)/b5-4-,10-7-. The van der Waals surface area contributed by atoms with Gasteiger partial charge >= 0.3 is 0 Å². The molecule has 0 spiro atoms. The second kappa shape index (κ2) is 6.90. The summed E-state index contributed by atoms with van der Waals surface area (Å²) in [5.41, 5.74) is 2.30. The minimum atomic E-state index is 0.188. The monoisotopic (exact) mass is 266 g/mol. The van der Waals surface area contributed by atoms with Gasteiger partial charge in [-0.3, -0.25) is 4.99 Å². The molecule has 0 saturated heterocycles. The first-order valence-electron chi connectivity index (χ1n) is 7.09. The summed E-state index contributed by atoms with van der Waals surface area (Å²) in [6.07, 6.45) is 10.6. The van der Waals surface area contributed by atoms with Crippen LogP contribution in [0.4, 0.5) is 0 Å². The fourth-order valence-electron chi connectivity index (χ4n) is 2.18. The van der Waals surface area contributed by atoms with Crippen LogP contribution < -0.4 is 5.32 Å². The second-order valence-corrected chi connectivity index (χ2v) is 5.08. The smallest absolute Gasteiger partial charge is 0.133 e. The van der Waals surface area contributed by atoms with Crippen LogP contribution in [-0.4, -0.2) is 11.9 Å². The van der Waals surface area contributed by atoms with Crippen molar-refractivity contribution in [1.29, 1.82) is 0 Å². The molecule has 1 aromatic carbocycles. The quantitative estimate of drug-likeness (QED) is 0.816. The van der Waals surface area contributed by atoms with Gasteiger partial charge in [0.05, 0.1) is 6.04 Å². The number of nitrogens with one attached hydrogen (secondary N) is 1. The summed E-state index contributed by atoms with van der Waals surface area (Å²) in [7, 11) is 0. The number of aliphatic imine (C=N–C) groups is 1. The van der Waals surface area contributed by atoms with Crippen LogP contribution >= 0.6 is 0 Å². The van der Waals surface area contributed by atoms with E-state index in [9.17, 15) is 0 Å². The van der Waals surface area contributed by atoms with Gasteiger partial charge in [-0.1, -0.05) is 61.6 Å². The third-order valence-electron chi connectivity index (χ3n) is 3.32. The Labute approximate surface area is 121 Å². The van der Waals surface area contributed by atoms with E-state index < -0.39 is 0 Å². The van der Waals surface area contributed by atoms with Crippen molar-refractivity contribution in [1.82, 2.24) is 5.32 Å². The van der Waals surface area contributed by atoms with Gasteiger partial charge < -0.3 is 5.32 Å². The molecule has 2 heteroatoms. The predicted molar refractivity (Wildman–Crippen MR) is 86.8 cm³/mol. The molecule has 104 valence electrons. The van der Waals surface area contributed by atoms with Crippen molar-refractivity contribution in [3.8, 4) is 0 Å². The van der Waals surface area contributed by atoms with Crippen molar-refractivity contribution in [2.75, 3.05) is 0 Å². The lowest BCUT2D eigenvalue weighted by Crippen LogP contribution is -2.31. The molecule has 1 aromatic rings. The van der Waals surface area contributed by atoms with Crippen LogP contribution in [0.3, 0.4) is 0 Å². The van der Waals surface area contributed by atoms with Crippen LogP contribution in [0, 0.1) is 5.92 Å². The largest absolute Gasteiger partial charge is 0.344 e. The molecule has 2 unspecified atom stereocenters. The zero-order valence-corrected chi connectivity index (χ0v) is 12.4. The summed E-state index contributed by atoms with van der Waals surface area (Å²) in [6, 6.07) is 10.5. The molecular weight excluding hydrogens is 244 g/mol. The van der Waals surface area contributed by atoms with Crippen LogP contribution in [0.25, 0.3) is 0 Å². The van der Waals surface area contributed by atoms with Gasteiger partial charge in [-0.15, -0.1) is 0 Å². The first-order valence-corrected chi connectivity index (χ1v) is 7.09. The highest BCUT2D eigenvalue weighted by atomic mass is 15.0. The Kier molecular flexibility index (Phi) is 4.94. The summed E-state index contributed by atoms with van der Waals surface area (Å²) in [6.45, 7) is 6.31. The maximum Gasteiger partial charge on any atom is 0.133 e. The van der Waals surface area contributed by atoms with Gasteiger partial charge in [0.25, 0.3) is 0 Å². The van der Waals surface area contributed by atoms with Crippen LogP contribution in [0.15, 0.2) is 71.4 Å². The van der Waals surface area contributed by atoms with E-state index >= 15 is 0 Å². The average Bonchev–Trinajstić information content (AvgIpc) is 2.47. The average molecular weight is 266 g/mol. The van der Waals surface area contributed by atoms with E-state index in [0.717, 1.165) is 17.1 Å². The Balaban J connectivity index is 2.20. The molecule has 0 bridgehead atoms. The maximum atomic E-state index is 4.83. The summed E-state index contributed by atoms with van der Waals surface area (Å²) >= 11 is 0. The van der Waals surface area contributed by atoms with Crippen molar-refractivity contribution in [3.63, 3.8) is 0 Å². The minimum Gasteiger partial charge on any atom is -0.344 e. The van der Waals surface area contributed by atoms with Crippen molar-refractivity contribution in [2.24, 2.45) is 10.9 Å². The lowest BCUT2D eigenvalue weighted by Gasteiger charge is -2.23. The number of hydrogen-bond acceptors (Lipinski definition) is 2. The van der Waals surface area contributed by atoms with Crippen LogP contribution in [0.5, 0.6) is 0 Å². The number of allylic oxidation sites excluding steroid dienone is 4. The van der Waals surface area contributed by atoms with Crippen LogP contribution in [0.1, 0.15) is 26.3 Å². The number of rotatable bonds is 4. The number of hydrogen-bond donors (Lipinski definition) is 1. The molecule has 0 amide bonds. The Morgan fingerprint density at radius 2 is 1.95 bits per heavy atom. The van der Waals surface area contributed by atoms with Crippen molar-refractivity contribution >= 4 is 5.84 Å². The van der Waals surface area contributed by atoms with Crippen molar-refractivity contribution in [3.05, 3.63) is 72.0 Å². The molecule has 2 atom stereocenters. The third kappa shape index (κ3) is 3.70. The summed E-state index contributed by atoms with van der Waals surface area (Å²) < 4.78 is 0. The molecule has 2 rings (SSSR count). The summed E-state index contributed by atoms with van der Waals surface area (Å²) in [5.74, 6) is 1.34. The molecule has 1 aliphatic heterocycles. The SMILES string of the molecule is C/C=C\C=C/C(C)C1C=C(C)NC(c2ccccc2)=N1. The fourth-order valence-corrected chi connectivity index (χ4v) is 2.18. The van der Waals surface area contributed by atoms with E-state index in [1.165, 1.54) is 0 Å². The summed E-state index contributed by atoms with van der Waals surface area (Å²) in [4.78, 5) is 4.83.